The van der Waals surface area contributed by atoms with E-state index in [4.69, 9.17) is 9.47 Å². The molecule has 1 aliphatic heterocycles. The maximum atomic E-state index is 13.4. The number of halogens is 3. The normalized spacial score (nSPS) is 15.2. The first-order valence-electron chi connectivity index (χ1n) is 12.3. The van der Waals surface area contributed by atoms with Crippen molar-refractivity contribution in [2.24, 2.45) is 0 Å². The molecule has 1 saturated heterocycles. The molecule has 1 fully saturated rings. The Labute approximate surface area is 223 Å². The zero-order valence-corrected chi connectivity index (χ0v) is 20.7. The Morgan fingerprint density at radius 3 is 2.18 bits per heavy atom. The maximum absolute atomic E-state index is 13.4. The molecule has 0 aromatic heterocycles. The van der Waals surface area contributed by atoms with Gasteiger partial charge in [-0.2, -0.15) is 13.2 Å². The summed E-state index contributed by atoms with van der Waals surface area (Å²) in [6.07, 6.45) is -5.29. The quantitative estimate of drug-likeness (QED) is 0.253. The van der Waals surface area contributed by atoms with Gasteiger partial charge in [0.1, 0.15) is 25.0 Å². The lowest BCUT2D eigenvalue weighted by Crippen LogP contribution is -2.35. The molecule has 8 heteroatoms. The standard InChI is InChI=1S/C31H24F3NO4/c32-31(33,34)26-13-11-23(12-14-26)25-15-22(16-27(18-25)38-19-21-7-3-1-4-8-21)17-29(36)35-28(20-39-30(35)37)24-9-5-2-6-10-24/h1-16,18,28H,17,19-20H2. The van der Waals surface area contributed by atoms with Gasteiger partial charge in [-0.1, -0.05) is 78.9 Å². The number of hydrogen-bond acceptors (Lipinski definition) is 4. The van der Waals surface area contributed by atoms with Crippen LogP contribution in [0.15, 0.2) is 103 Å². The predicted molar refractivity (Wildman–Crippen MR) is 139 cm³/mol. The molecule has 0 aliphatic carbocycles. The number of benzene rings is 4. The first kappa shape index (κ1) is 26.0. The van der Waals surface area contributed by atoms with E-state index >= 15 is 0 Å². The van der Waals surface area contributed by atoms with Gasteiger partial charge in [-0.3, -0.25) is 4.79 Å². The molecule has 0 spiro atoms. The van der Waals surface area contributed by atoms with E-state index in [1.807, 2.05) is 60.7 Å². The monoisotopic (exact) mass is 531 g/mol. The molecular weight excluding hydrogens is 507 g/mol. The van der Waals surface area contributed by atoms with Crippen LogP contribution < -0.4 is 4.74 Å². The van der Waals surface area contributed by atoms with E-state index in [0.29, 0.717) is 22.4 Å². The zero-order chi connectivity index (χ0) is 27.4. The van der Waals surface area contributed by atoms with Crippen molar-refractivity contribution in [3.05, 3.63) is 125 Å². The number of carbonyl (C=O) groups excluding carboxylic acids is 2. The lowest BCUT2D eigenvalue weighted by Gasteiger charge is -2.20. The number of ether oxygens (including phenoxy) is 2. The van der Waals surface area contributed by atoms with Gasteiger partial charge in [0, 0.05) is 0 Å². The molecule has 2 amide bonds. The fourth-order valence-electron chi connectivity index (χ4n) is 4.48. The third-order valence-electron chi connectivity index (χ3n) is 6.44. The molecule has 0 N–H and O–H groups in total. The molecule has 0 radical (unpaired) electrons. The van der Waals surface area contributed by atoms with Crippen molar-refractivity contribution in [3.63, 3.8) is 0 Å². The molecule has 4 aromatic carbocycles. The van der Waals surface area contributed by atoms with Crippen molar-refractivity contribution >= 4 is 12.0 Å². The summed E-state index contributed by atoms with van der Waals surface area (Å²) >= 11 is 0. The van der Waals surface area contributed by atoms with E-state index in [0.717, 1.165) is 28.2 Å². The average molecular weight is 532 g/mol. The molecule has 5 rings (SSSR count). The summed E-state index contributed by atoms with van der Waals surface area (Å²) in [5, 5.41) is 0. The molecule has 1 unspecified atom stereocenters. The second-order valence-corrected chi connectivity index (χ2v) is 9.16. The highest BCUT2D eigenvalue weighted by Gasteiger charge is 2.38. The average Bonchev–Trinajstić information content (AvgIpc) is 3.34. The van der Waals surface area contributed by atoms with Gasteiger partial charge >= 0.3 is 12.3 Å². The Kier molecular flexibility index (Phi) is 7.36. The number of alkyl halides is 3. The number of hydrogen-bond donors (Lipinski definition) is 0. The fraction of sp³-hybridized carbons (Fsp3) is 0.161. The van der Waals surface area contributed by atoms with Crippen molar-refractivity contribution < 1.29 is 32.2 Å². The second-order valence-electron chi connectivity index (χ2n) is 9.16. The number of rotatable bonds is 7. The van der Waals surface area contributed by atoms with Gasteiger partial charge in [0.05, 0.1) is 12.0 Å². The number of imide groups is 1. The van der Waals surface area contributed by atoms with Crippen LogP contribution in [0, 0.1) is 0 Å². The zero-order valence-electron chi connectivity index (χ0n) is 20.7. The van der Waals surface area contributed by atoms with Crippen LogP contribution in [0.25, 0.3) is 11.1 Å². The molecule has 1 heterocycles. The first-order chi connectivity index (χ1) is 18.8. The first-order valence-corrected chi connectivity index (χ1v) is 12.3. The van der Waals surface area contributed by atoms with E-state index in [2.05, 4.69) is 0 Å². The molecule has 1 aliphatic rings. The molecular formula is C31H24F3NO4. The van der Waals surface area contributed by atoms with Crippen molar-refractivity contribution in [1.29, 1.82) is 0 Å². The van der Waals surface area contributed by atoms with Crippen LogP contribution in [0.3, 0.4) is 0 Å². The highest BCUT2D eigenvalue weighted by atomic mass is 19.4. The molecule has 0 bridgehead atoms. The lowest BCUT2D eigenvalue weighted by molar-refractivity contribution is -0.137. The number of nitrogens with zero attached hydrogens (tertiary/aromatic N) is 1. The summed E-state index contributed by atoms with van der Waals surface area (Å²) in [6, 6.07) is 28.0. The number of carbonyl (C=O) groups is 2. The van der Waals surface area contributed by atoms with E-state index in [1.165, 1.54) is 12.1 Å². The molecule has 39 heavy (non-hydrogen) atoms. The van der Waals surface area contributed by atoms with Crippen molar-refractivity contribution in [2.45, 2.75) is 25.2 Å². The second kappa shape index (κ2) is 11.0. The largest absolute Gasteiger partial charge is 0.489 e. The minimum atomic E-state index is -4.45. The Bertz CT molecular complexity index is 1460. The fourth-order valence-corrected chi connectivity index (χ4v) is 4.48. The van der Waals surface area contributed by atoms with Crippen molar-refractivity contribution in [1.82, 2.24) is 4.90 Å². The Morgan fingerprint density at radius 1 is 0.846 bits per heavy atom. The summed E-state index contributed by atoms with van der Waals surface area (Å²) in [5.74, 6) is -0.00686. The highest BCUT2D eigenvalue weighted by Crippen LogP contribution is 2.33. The van der Waals surface area contributed by atoms with Crippen LogP contribution in [0.4, 0.5) is 18.0 Å². The van der Waals surface area contributed by atoms with Gasteiger partial charge in [0.25, 0.3) is 0 Å². The van der Waals surface area contributed by atoms with Crippen LogP contribution in [-0.4, -0.2) is 23.5 Å². The summed E-state index contributed by atoms with van der Waals surface area (Å²) in [4.78, 5) is 27.0. The van der Waals surface area contributed by atoms with Crippen LogP contribution in [0.2, 0.25) is 0 Å². The molecule has 5 nitrogen and oxygen atoms in total. The SMILES string of the molecule is O=C(Cc1cc(OCc2ccccc2)cc(-c2ccc(C(F)(F)F)cc2)c1)N1C(=O)OCC1c1ccccc1. The Balaban J connectivity index is 1.44. The summed E-state index contributed by atoms with van der Waals surface area (Å²) in [7, 11) is 0. The maximum Gasteiger partial charge on any atom is 0.417 e. The molecule has 0 saturated carbocycles. The van der Waals surface area contributed by atoms with Gasteiger partial charge in [-0.05, 0) is 52.1 Å². The minimum Gasteiger partial charge on any atom is -0.489 e. The lowest BCUT2D eigenvalue weighted by atomic mass is 9.99. The van der Waals surface area contributed by atoms with Crippen molar-refractivity contribution in [3.8, 4) is 16.9 Å². The van der Waals surface area contributed by atoms with Gasteiger partial charge in [0.15, 0.2) is 0 Å². The van der Waals surface area contributed by atoms with Gasteiger partial charge in [-0.15, -0.1) is 0 Å². The number of cyclic esters (lactones) is 1. The predicted octanol–water partition coefficient (Wildman–Crippen LogP) is 7.21. The van der Waals surface area contributed by atoms with Gasteiger partial charge in [0.2, 0.25) is 5.91 Å². The highest BCUT2D eigenvalue weighted by molar-refractivity contribution is 5.95. The van der Waals surface area contributed by atoms with Crippen LogP contribution in [0.1, 0.15) is 28.3 Å². The molecule has 1 atom stereocenters. The summed E-state index contributed by atoms with van der Waals surface area (Å²) in [5.41, 5.74) is 2.62. The minimum absolute atomic E-state index is 0.0611. The smallest absolute Gasteiger partial charge is 0.417 e. The van der Waals surface area contributed by atoms with E-state index in [-0.39, 0.29) is 19.6 Å². The van der Waals surface area contributed by atoms with Crippen LogP contribution in [-0.2, 0) is 28.7 Å². The Morgan fingerprint density at radius 2 is 1.51 bits per heavy atom. The van der Waals surface area contributed by atoms with Crippen LogP contribution in [0.5, 0.6) is 5.75 Å². The molecule has 198 valence electrons. The van der Waals surface area contributed by atoms with Crippen LogP contribution >= 0.6 is 0 Å². The van der Waals surface area contributed by atoms with E-state index in [9.17, 15) is 22.8 Å². The third-order valence-corrected chi connectivity index (χ3v) is 6.44. The molecule has 4 aromatic rings. The van der Waals surface area contributed by atoms with Gasteiger partial charge < -0.3 is 9.47 Å². The van der Waals surface area contributed by atoms with E-state index < -0.39 is 29.8 Å². The van der Waals surface area contributed by atoms with E-state index in [1.54, 1.807) is 18.2 Å². The van der Waals surface area contributed by atoms with Crippen molar-refractivity contribution in [2.75, 3.05) is 6.61 Å². The summed E-state index contributed by atoms with van der Waals surface area (Å²) < 4.78 is 50.4. The summed E-state index contributed by atoms with van der Waals surface area (Å²) in [6.45, 7) is 0.324. The third kappa shape index (κ3) is 6.12. The topological polar surface area (TPSA) is 55.8 Å². The Hall–Kier alpha value is -4.59. The number of amides is 2. The van der Waals surface area contributed by atoms with Gasteiger partial charge in [-0.25, -0.2) is 9.69 Å².